The summed E-state index contributed by atoms with van der Waals surface area (Å²) in [6.45, 7) is 0.199. The van der Waals surface area contributed by atoms with Crippen LogP contribution < -0.4 is 10.1 Å². The average molecular weight is 327 g/mol. The van der Waals surface area contributed by atoms with Crippen LogP contribution in [-0.4, -0.2) is 49.6 Å². The van der Waals surface area contributed by atoms with Crippen molar-refractivity contribution < 1.29 is 23.9 Å². The number of hydrogen-bond acceptors (Lipinski definition) is 5. The van der Waals surface area contributed by atoms with Crippen LogP contribution >= 0.6 is 11.6 Å². The van der Waals surface area contributed by atoms with Gasteiger partial charge in [0.1, 0.15) is 5.75 Å². The molecule has 0 aromatic heterocycles. The first-order valence-corrected chi connectivity index (χ1v) is 6.95. The van der Waals surface area contributed by atoms with E-state index in [-0.39, 0.29) is 13.0 Å². The van der Waals surface area contributed by atoms with Crippen LogP contribution in [0.5, 0.6) is 5.75 Å². The van der Waals surface area contributed by atoms with Crippen LogP contribution in [0.4, 0.5) is 4.79 Å². The molecule has 22 heavy (non-hydrogen) atoms. The molecule has 1 N–H and O–H groups in total. The van der Waals surface area contributed by atoms with Crippen molar-refractivity contribution in [1.29, 1.82) is 0 Å². The highest BCUT2D eigenvalue weighted by Crippen LogP contribution is 2.23. The van der Waals surface area contributed by atoms with Crippen molar-refractivity contribution in [3.8, 4) is 5.75 Å². The van der Waals surface area contributed by atoms with Crippen LogP contribution in [0.25, 0.3) is 0 Å². The standard InChI is InChI=1S/C14H15ClN2O5/c1-21-11-3-2-10(15)6-9(11)7-13(19)22-8-12(18)17-5-4-16-14(17)20/h2-3,6H,4-5,7-8H2,1H3,(H,16,20). The summed E-state index contributed by atoms with van der Waals surface area (Å²) in [6, 6.07) is 4.41. The predicted octanol–water partition coefficient (Wildman–Crippen LogP) is 0.986. The summed E-state index contributed by atoms with van der Waals surface area (Å²) >= 11 is 5.87. The van der Waals surface area contributed by atoms with Crippen LogP contribution in [0.15, 0.2) is 18.2 Å². The number of rotatable bonds is 5. The molecule has 0 spiro atoms. The highest BCUT2D eigenvalue weighted by molar-refractivity contribution is 6.30. The van der Waals surface area contributed by atoms with Crippen LogP contribution in [0.1, 0.15) is 5.56 Å². The summed E-state index contributed by atoms with van der Waals surface area (Å²) < 4.78 is 10.0. The Balaban J connectivity index is 1.89. The molecule has 0 radical (unpaired) electrons. The second kappa shape index (κ2) is 7.13. The third-order valence-corrected chi connectivity index (χ3v) is 3.33. The van der Waals surface area contributed by atoms with Crippen LogP contribution in [0, 0.1) is 0 Å². The smallest absolute Gasteiger partial charge is 0.324 e. The number of ether oxygens (including phenoxy) is 2. The lowest BCUT2D eigenvalue weighted by Gasteiger charge is -2.12. The van der Waals surface area contributed by atoms with E-state index >= 15 is 0 Å². The van der Waals surface area contributed by atoms with Gasteiger partial charge in [0.2, 0.25) is 0 Å². The van der Waals surface area contributed by atoms with Gasteiger partial charge in [-0.15, -0.1) is 0 Å². The molecule has 1 aromatic rings. The molecular weight excluding hydrogens is 312 g/mol. The Morgan fingerprint density at radius 1 is 1.41 bits per heavy atom. The van der Waals surface area contributed by atoms with Gasteiger partial charge in [0, 0.05) is 23.7 Å². The minimum absolute atomic E-state index is 0.0801. The number of urea groups is 1. The van der Waals surface area contributed by atoms with E-state index < -0.39 is 24.5 Å². The molecule has 1 aliphatic rings. The van der Waals surface area contributed by atoms with E-state index in [2.05, 4.69) is 5.32 Å². The van der Waals surface area contributed by atoms with Crippen molar-refractivity contribution >= 4 is 29.5 Å². The zero-order chi connectivity index (χ0) is 16.1. The Labute approximate surface area is 132 Å². The van der Waals surface area contributed by atoms with Gasteiger partial charge in [-0.05, 0) is 18.2 Å². The van der Waals surface area contributed by atoms with Gasteiger partial charge in [-0.1, -0.05) is 11.6 Å². The molecule has 118 valence electrons. The number of nitrogens with zero attached hydrogens (tertiary/aromatic N) is 1. The summed E-state index contributed by atoms with van der Waals surface area (Å²) in [5, 5.41) is 2.96. The molecule has 8 heteroatoms. The molecular formula is C14H15ClN2O5. The van der Waals surface area contributed by atoms with Crippen LogP contribution in [0.2, 0.25) is 5.02 Å². The first kappa shape index (κ1) is 16.1. The molecule has 3 amide bonds. The van der Waals surface area contributed by atoms with E-state index in [4.69, 9.17) is 21.1 Å². The topological polar surface area (TPSA) is 84.9 Å². The molecule has 0 unspecified atom stereocenters. The summed E-state index contributed by atoms with van der Waals surface area (Å²) in [7, 11) is 1.48. The van der Waals surface area contributed by atoms with Crippen LogP contribution in [0.3, 0.4) is 0 Å². The van der Waals surface area contributed by atoms with Gasteiger partial charge in [0.25, 0.3) is 5.91 Å². The highest BCUT2D eigenvalue weighted by Gasteiger charge is 2.26. The van der Waals surface area contributed by atoms with Gasteiger partial charge >= 0.3 is 12.0 Å². The molecule has 1 aromatic carbocycles. The molecule has 2 rings (SSSR count). The number of esters is 1. The lowest BCUT2D eigenvalue weighted by atomic mass is 10.1. The Morgan fingerprint density at radius 3 is 2.82 bits per heavy atom. The quantitative estimate of drug-likeness (QED) is 0.815. The lowest BCUT2D eigenvalue weighted by Crippen LogP contribution is -2.37. The number of halogens is 1. The summed E-state index contributed by atoms with van der Waals surface area (Å²) in [5.74, 6) is -0.651. The Bertz CT molecular complexity index is 605. The van der Waals surface area contributed by atoms with Gasteiger partial charge in [-0.25, -0.2) is 4.79 Å². The van der Waals surface area contributed by atoms with Gasteiger partial charge < -0.3 is 14.8 Å². The summed E-state index contributed by atoms with van der Waals surface area (Å²) in [4.78, 5) is 35.8. The predicted molar refractivity (Wildman–Crippen MR) is 77.8 cm³/mol. The fourth-order valence-corrected chi connectivity index (χ4v) is 2.22. The zero-order valence-corrected chi connectivity index (χ0v) is 12.7. The minimum Gasteiger partial charge on any atom is -0.496 e. The third kappa shape index (κ3) is 3.88. The van der Waals surface area contributed by atoms with Crippen molar-refractivity contribution in [3.63, 3.8) is 0 Å². The van der Waals surface area contributed by atoms with Crippen molar-refractivity contribution in [2.75, 3.05) is 26.8 Å². The molecule has 0 bridgehead atoms. The molecule has 0 atom stereocenters. The van der Waals surface area contributed by atoms with Gasteiger partial charge in [0.15, 0.2) is 6.61 Å². The molecule has 0 saturated carbocycles. The van der Waals surface area contributed by atoms with Crippen molar-refractivity contribution in [1.82, 2.24) is 10.2 Å². The second-order valence-corrected chi connectivity index (χ2v) is 5.01. The number of methoxy groups -OCH3 is 1. The Hall–Kier alpha value is -2.28. The normalized spacial score (nSPS) is 13.7. The van der Waals surface area contributed by atoms with Gasteiger partial charge in [0.05, 0.1) is 13.5 Å². The molecule has 1 heterocycles. The zero-order valence-electron chi connectivity index (χ0n) is 11.9. The Morgan fingerprint density at radius 2 is 2.18 bits per heavy atom. The summed E-state index contributed by atoms with van der Waals surface area (Å²) in [5.41, 5.74) is 0.561. The lowest BCUT2D eigenvalue weighted by molar-refractivity contribution is -0.150. The van der Waals surface area contributed by atoms with Crippen LogP contribution in [-0.2, 0) is 20.7 Å². The maximum absolute atomic E-state index is 11.8. The molecule has 1 aliphatic heterocycles. The number of nitrogens with one attached hydrogen (secondary N) is 1. The monoisotopic (exact) mass is 326 g/mol. The van der Waals surface area contributed by atoms with E-state index in [1.165, 1.54) is 7.11 Å². The maximum Gasteiger partial charge on any atom is 0.324 e. The number of carbonyl (C=O) groups excluding carboxylic acids is 3. The van der Waals surface area contributed by atoms with E-state index in [1.54, 1.807) is 18.2 Å². The van der Waals surface area contributed by atoms with Gasteiger partial charge in [-0.3, -0.25) is 14.5 Å². The molecule has 1 saturated heterocycles. The fraction of sp³-hybridized carbons (Fsp3) is 0.357. The number of amides is 3. The van der Waals surface area contributed by atoms with Crippen molar-refractivity contribution in [2.45, 2.75) is 6.42 Å². The summed E-state index contributed by atoms with van der Waals surface area (Å²) in [6.07, 6.45) is -0.0801. The molecule has 1 fully saturated rings. The number of benzene rings is 1. The molecule has 0 aliphatic carbocycles. The number of carbonyl (C=O) groups is 3. The molecule has 7 nitrogen and oxygen atoms in total. The van der Waals surface area contributed by atoms with E-state index in [0.717, 1.165) is 4.90 Å². The number of imide groups is 1. The highest BCUT2D eigenvalue weighted by atomic mass is 35.5. The first-order valence-electron chi connectivity index (χ1n) is 6.57. The van der Waals surface area contributed by atoms with E-state index in [9.17, 15) is 14.4 Å². The van der Waals surface area contributed by atoms with Crippen molar-refractivity contribution in [2.24, 2.45) is 0 Å². The van der Waals surface area contributed by atoms with E-state index in [1.807, 2.05) is 0 Å². The van der Waals surface area contributed by atoms with Gasteiger partial charge in [-0.2, -0.15) is 0 Å². The second-order valence-electron chi connectivity index (χ2n) is 4.57. The average Bonchev–Trinajstić information content (AvgIpc) is 2.91. The Kier molecular flexibility index (Phi) is 5.21. The largest absolute Gasteiger partial charge is 0.496 e. The van der Waals surface area contributed by atoms with E-state index in [0.29, 0.717) is 22.9 Å². The fourth-order valence-electron chi connectivity index (χ4n) is 2.02. The van der Waals surface area contributed by atoms with Crippen molar-refractivity contribution in [3.05, 3.63) is 28.8 Å². The SMILES string of the molecule is COc1ccc(Cl)cc1CC(=O)OCC(=O)N1CCNC1=O. The third-order valence-electron chi connectivity index (χ3n) is 3.09. The maximum atomic E-state index is 11.8. The number of hydrogen-bond donors (Lipinski definition) is 1. The first-order chi connectivity index (χ1) is 10.5. The minimum atomic E-state index is -0.603.